The van der Waals surface area contributed by atoms with E-state index in [1.165, 1.54) is 24.5 Å². The highest BCUT2D eigenvalue weighted by Gasteiger charge is 2.28. The van der Waals surface area contributed by atoms with E-state index in [1.54, 1.807) is 19.2 Å². The average Bonchev–Trinajstić information content (AvgIpc) is 3.33. The fraction of sp³-hybridized carbons (Fsp3) is 0.385. The van der Waals surface area contributed by atoms with Gasteiger partial charge in [-0.1, -0.05) is 23.4 Å². The molecule has 0 atom stereocenters. The molecule has 1 aromatic carbocycles. The zero-order chi connectivity index (χ0) is 26.4. The number of nitrogens with zero attached hydrogens (tertiary/aromatic N) is 4. The number of rotatable bonds is 8. The van der Waals surface area contributed by atoms with E-state index in [2.05, 4.69) is 32.3 Å². The number of esters is 1. The van der Waals surface area contributed by atoms with Crippen molar-refractivity contribution >= 4 is 39.9 Å². The third-order valence-electron chi connectivity index (χ3n) is 5.86. The molecule has 8 nitrogen and oxygen atoms in total. The molecule has 0 bridgehead atoms. The number of carbonyl (C=O) groups excluding carboxylic acids is 1. The molecule has 4 rings (SSSR count). The fourth-order valence-corrected chi connectivity index (χ4v) is 5.24. The average molecular weight is 544 g/mol. The molecule has 0 amide bonds. The first-order valence-electron chi connectivity index (χ1n) is 11.9. The van der Waals surface area contributed by atoms with Crippen molar-refractivity contribution in [2.45, 2.75) is 32.6 Å². The minimum Gasteiger partial charge on any atom is -0.491 e. The smallest absolute Gasteiger partial charge is 0.357 e. The summed E-state index contributed by atoms with van der Waals surface area (Å²) in [4.78, 5) is 19.8. The summed E-state index contributed by atoms with van der Waals surface area (Å²) < 4.78 is 25.0. The minimum absolute atomic E-state index is 0.162. The lowest BCUT2D eigenvalue weighted by Gasteiger charge is -2.28. The second kappa shape index (κ2) is 12.3. The number of halogens is 2. The first kappa shape index (κ1) is 26.8. The summed E-state index contributed by atoms with van der Waals surface area (Å²) in [6.07, 6.45) is 2.83. The Labute approximate surface area is 224 Å². The summed E-state index contributed by atoms with van der Waals surface area (Å²) in [5.41, 5.74) is 2.80. The molecule has 0 spiro atoms. The topological polar surface area (TPSA) is 89.5 Å². The lowest BCUT2D eigenvalue weighted by atomic mass is 10.0. The Hall–Kier alpha value is -3.26. The number of hydrogen-bond donors (Lipinski definition) is 1. The molecule has 0 fully saturated rings. The first-order chi connectivity index (χ1) is 17.9. The predicted octanol–water partition coefficient (Wildman–Crippen LogP) is 4.49. The van der Waals surface area contributed by atoms with Gasteiger partial charge in [0.25, 0.3) is 0 Å². The lowest BCUT2D eigenvalue weighted by Crippen LogP contribution is -2.27. The van der Waals surface area contributed by atoms with Gasteiger partial charge in [-0.2, -0.15) is 0 Å². The number of aryl methyl sites for hydroxylation is 1. The number of carbonyl (C=O) groups is 1. The van der Waals surface area contributed by atoms with E-state index in [4.69, 9.17) is 21.1 Å². The largest absolute Gasteiger partial charge is 0.491 e. The number of benzene rings is 1. The zero-order valence-electron chi connectivity index (χ0n) is 20.9. The highest BCUT2D eigenvalue weighted by atomic mass is 35.5. The number of methoxy groups -OCH3 is 1. The fourth-order valence-electron chi connectivity index (χ4n) is 3.97. The Morgan fingerprint density at radius 3 is 2.95 bits per heavy atom. The molecule has 3 heterocycles. The predicted molar refractivity (Wildman–Crippen MR) is 142 cm³/mol. The summed E-state index contributed by atoms with van der Waals surface area (Å²) in [6, 6.07) is 4.66. The molecule has 2 aromatic heterocycles. The zero-order valence-corrected chi connectivity index (χ0v) is 22.4. The van der Waals surface area contributed by atoms with E-state index in [9.17, 15) is 9.18 Å². The van der Waals surface area contributed by atoms with Crippen molar-refractivity contribution in [1.29, 1.82) is 0 Å². The molecule has 1 N–H and O–H groups in total. The van der Waals surface area contributed by atoms with Gasteiger partial charge in [-0.25, -0.2) is 14.2 Å². The summed E-state index contributed by atoms with van der Waals surface area (Å²) >= 11 is 7.58. The van der Waals surface area contributed by atoms with Gasteiger partial charge in [-0.05, 0) is 63.4 Å². The standard InChI is InChI=1S/C26H27ClFN5O3S/c1-16-18-8-5-13-33(24(18)32-31-23(16)27)26-30-22(25(34)35-3)21(37-26)9-6-14-36-20-11-10-17(15-19(20)28)7-4-12-29-2/h10-11,15,29H,5-6,8-9,12-14H2,1-3H3. The van der Waals surface area contributed by atoms with Crippen LogP contribution in [0.3, 0.4) is 0 Å². The monoisotopic (exact) mass is 543 g/mol. The molecule has 1 aliphatic heterocycles. The van der Waals surface area contributed by atoms with E-state index in [0.29, 0.717) is 47.6 Å². The quantitative estimate of drug-likeness (QED) is 0.252. The summed E-state index contributed by atoms with van der Waals surface area (Å²) in [5, 5.41) is 12.3. The van der Waals surface area contributed by atoms with Crippen molar-refractivity contribution in [3.05, 3.63) is 56.4 Å². The van der Waals surface area contributed by atoms with E-state index < -0.39 is 11.8 Å². The SMILES string of the molecule is CNCC#Cc1ccc(OCCCc2sc(N3CCCc4c3nnc(Cl)c4C)nc2C(=O)OC)c(F)c1. The van der Waals surface area contributed by atoms with Crippen molar-refractivity contribution < 1.29 is 18.7 Å². The Morgan fingerprint density at radius 2 is 2.19 bits per heavy atom. The van der Waals surface area contributed by atoms with Gasteiger partial charge >= 0.3 is 5.97 Å². The van der Waals surface area contributed by atoms with Crippen LogP contribution in [0.25, 0.3) is 0 Å². The number of nitrogens with one attached hydrogen (secondary N) is 1. The number of fused-ring (bicyclic) bond motifs is 1. The second-order valence-corrected chi connectivity index (χ2v) is 9.78. The van der Waals surface area contributed by atoms with Gasteiger partial charge in [0, 0.05) is 22.5 Å². The number of aromatic nitrogens is 3. The summed E-state index contributed by atoms with van der Waals surface area (Å²) in [7, 11) is 3.13. The number of thiazole rings is 1. The van der Waals surface area contributed by atoms with Gasteiger partial charge in [-0.15, -0.1) is 21.5 Å². The van der Waals surface area contributed by atoms with E-state index in [-0.39, 0.29) is 18.1 Å². The van der Waals surface area contributed by atoms with Crippen LogP contribution in [0, 0.1) is 24.6 Å². The minimum atomic E-state index is -0.505. The summed E-state index contributed by atoms with van der Waals surface area (Å²) in [6.45, 7) is 3.43. The molecule has 3 aromatic rings. The Kier molecular flexibility index (Phi) is 8.92. The maximum atomic E-state index is 14.4. The third kappa shape index (κ3) is 6.18. The van der Waals surface area contributed by atoms with Gasteiger partial charge in [0.2, 0.25) is 0 Å². The highest BCUT2D eigenvalue weighted by molar-refractivity contribution is 7.16. The van der Waals surface area contributed by atoms with Crippen molar-refractivity contribution in [3.63, 3.8) is 0 Å². The van der Waals surface area contributed by atoms with Crippen LogP contribution in [0.5, 0.6) is 5.75 Å². The van der Waals surface area contributed by atoms with Crippen LogP contribution in [-0.4, -0.2) is 55.0 Å². The number of anilines is 2. The van der Waals surface area contributed by atoms with Crippen LogP contribution in [0.15, 0.2) is 18.2 Å². The van der Waals surface area contributed by atoms with Crippen LogP contribution < -0.4 is 15.0 Å². The molecule has 37 heavy (non-hydrogen) atoms. The molecule has 11 heteroatoms. The maximum Gasteiger partial charge on any atom is 0.357 e. The highest BCUT2D eigenvalue weighted by Crippen LogP contribution is 2.38. The van der Waals surface area contributed by atoms with E-state index in [0.717, 1.165) is 28.8 Å². The second-order valence-electron chi connectivity index (χ2n) is 8.36. The third-order valence-corrected chi connectivity index (χ3v) is 7.36. The number of ether oxygens (including phenoxy) is 2. The van der Waals surface area contributed by atoms with E-state index >= 15 is 0 Å². The Balaban J connectivity index is 1.46. The molecule has 0 saturated carbocycles. The molecular weight excluding hydrogens is 517 g/mol. The summed E-state index contributed by atoms with van der Waals surface area (Å²) in [5.74, 6) is 5.69. The van der Waals surface area contributed by atoms with Crippen molar-refractivity contribution in [1.82, 2.24) is 20.5 Å². The van der Waals surface area contributed by atoms with Crippen LogP contribution in [0.1, 0.15) is 44.9 Å². The molecule has 0 saturated heterocycles. The molecule has 1 aliphatic rings. The molecular formula is C26H27ClFN5O3S. The molecule has 194 valence electrons. The van der Waals surface area contributed by atoms with Gasteiger partial charge < -0.3 is 19.7 Å². The van der Waals surface area contributed by atoms with Gasteiger partial charge in [0.05, 0.1) is 20.3 Å². The Bertz CT molecular complexity index is 1350. The number of hydrogen-bond acceptors (Lipinski definition) is 9. The van der Waals surface area contributed by atoms with Crippen molar-refractivity contribution in [2.24, 2.45) is 0 Å². The van der Waals surface area contributed by atoms with Crippen LogP contribution in [0.4, 0.5) is 15.3 Å². The lowest BCUT2D eigenvalue weighted by molar-refractivity contribution is 0.0593. The molecule has 0 radical (unpaired) electrons. The van der Waals surface area contributed by atoms with Crippen molar-refractivity contribution in [3.8, 4) is 17.6 Å². The Morgan fingerprint density at radius 1 is 1.35 bits per heavy atom. The van der Waals surface area contributed by atoms with Gasteiger partial charge in [0.1, 0.15) is 0 Å². The van der Waals surface area contributed by atoms with Gasteiger partial charge in [0.15, 0.2) is 33.4 Å². The van der Waals surface area contributed by atoms with Crippen LogP contribution in [0.2, 0.25) is 5.15 Å². The molecule has 0 unspecified atom stereocenters. The van der Waals surface area contributed by atoms with Crippen molar-refractivity contribution in [2.75, 3.05) is 38.8 Å². The normalized spacial score (nSPS) is 12.5. The maximum absolute atomic E-state index is 14.4. The van der Waals surface area contributed by atoms with Crippen LogP contribution >= 0.6 is 22.9 Å². The molecule has 0 aliphatic carbocycles. The van der Waals surface area contributed by atoms with Gasteiger partial charge in [-0.3, -0.25) is 0 Å². The first-order valence-corrected chi connectivity index (χ1v) is 13.1. The van der Waals surface area contributed by atoms with E-state index in [1.807, 2.05) is 11.8 Å². The van der Waals surface area contributed by atoms with Crippen LogP contribution in [-0.2, 0) is 17.6 Å².